The lowest BCUT2D eigenvalue weighted by atomic mass is 10.1. The number of nitroso groups, excluding NO2 is 1. The van der Waals surface area contributed by atoms with E-state index < -0.39 is 17.0 Å². The van der Waals surface area contributed by atoms with Gasteiger partial charge in [-0.2, -0.15) is 0 Å². The highest BCUT2D eigenvalue weighted by Gasteiger charge is 2.26. The van der Waals surface area contributed by atoms with E-state index in [1.54, 1.807) is 5.18 Å². The fourth-order valence-corrected chi connectivity index (χ4v) is 3.31. The van der Waals surface area contributed by atoms with Gasteiger partial charge in [0.25, 0.3) is 16.8 Å². The lowest BCUT2D eigenvalue weighted by molar-refractivity contribution is -0.380. The van der Waals surface area contributed by atoms with Crippen LogP contribution >= 0.6 is 11.8 Å². The number of rotatable bonds is 7. The number of benzene rings is 2. The maximum absolute atomic E-state index is 14.0. The van der Waals surface area contributed by atoms with Crippen LogP contribution in [0, 0.1) is 10.7 Å². The summed E-state index contributed by atoms with van der Waals surface area (Å²) in [6, 6.07) is 7.13. The van der Waals surface area contributed by atoms with Crippen LogP contribution in [-0.4, -0.2) is 30.8 Å². The van der Waals surface area contributed by atoms with Crippen molar-refractivity contribution in [2.24, 2.45) is 0 Å². The normalized spacial score (nSPS) is 14.2. The molecule has 0 unspecified atom stereocenters. The van der Waals surface area contributed by atoms with Crippen molar-refractivity contribution in [1.82, 2.24) is 5.32 Å². The molecule has 1 heterocycles. The van der Waals surface area contributed by atoms with Gasteiger partial charge in [0.05, 0.1) is 24.7 Å². The molecule has 0 spiro atoms. The van der Waals surface area contributed by atoms with Crippen LogP contribution in [0.1, 0.15) is 11.1 Å². The van der Waals surface area contributed by atoms with Crippen LogP contribution in [0.15, 0.2) is 35.2 Å². The summed E-state index contributed by atoms with van der Waals surface area (Å²) < 4.78 is 30.3. The molecule has 2 aromatic carbocycles. The van der Waals surface area contributed by atoms with Crippen LogP contribution in [0.4, 0.5) is 14.9 Å². The zero-order chi connectivity index (χ0) is 21.0. The quantitative estimate of drug-likeness (QED) is 0.630. The Labute approximate surface area is 174 Å². The first kappa shape index (κ1) is 22.8. The third-order valence-corrected chi connectivity index (χ3v) is 4.86. The van der Waals surface area contributed by atoms with Crippen LogP contribution in [0.25, 0.3) is 6.08 Å². The summed E-state index contributed by atoms with van der Waals surface area (Å²) in [4.78, 5) is 34.4. The molecule has 0 aliphatic carbocycles. The van der Waals surface area contributed by atoms with E-state index in [9.17, 15) is 18.9 Å². The molecule has 1 fully saturated rings. The van der Waals surface area contributed by atoms with E-state index in [1.807, 2.05) is 0 Å². The van der Waals surface area contributed by atoms with E-state index in [4.69, 9.17) is 14.2 Å². The summed E-state index contributed by atoms with van der Waals surface area (Å²) in [5.74, 6) is -0.173. The summed E-state index contributed by atoms with van der Waals surface area (Å²) in [5.41, 5.74) is 0.575. The zero-order valence-electron chi connectivity index (χ0n) is 15.9. The Morgan fingerprint density at radius 3 is 2.37 bits per heavy atom. The number of hydrogen-bond acceptors (Lipinski definition) is 8. The van der Waals surface area contributed by atoms with Crippen molar-refractivity contribution in [2.75, 3.05) is 14.2 Å². The van der Waals surface area contributed by atoms with Gasteiger partial charge in [-0.1, -0.05) is 6.07 Å². The molecule has 0 radical (unpaired) electrons. The smallest absolute Gasteiger partial charge is 0.290 e. The minimum absolute atomic E-state index is 0. The molecule has 0 saturated carbocycles. The van der Waals surface area contributed by atoms with Crippen molar-refractivity contribution in [1.29, 1.82) is 0 Å². The van der Waals surface area contributed by atoms with E-state index in [2.05, 4.69) is 5.32 Å². The molecule has 1 aliphatic rings. The molecule has 1 saturated heterocycles. The number of ether oxygens (including phenoxy) is 3. The lowest BCUT2D eigenvalue weighted by Crippen LogP contribution is -2.56. The number of amides is 2. The van der Waals surface area contributed by atoms with Crippen LogP contribution < -0.4 is 24.7 Å². The summed E-state index contributed by atoms with van der Waals surface area (Å²) in [6.07, 6.45) is 1.47. The molecule has 2 amide bonds. The SMILES string of the molecule is COc1cc(OCc2c(F)cccc2[NH+]=O)cc(OC)c1/C=C1\SC(=O)NC1=O.[OH-]. The topological polar surface area (TPSA) is 135 Å². The maximum Gasteiger partial charge on any atom is 0.290 e. The van der Waals surface area contributed by atoms with Gasteiger partial charge in [0.2, 0.25) is 0 Å². The number of carbonyl (C=O) groups is 2. The Kier molecular flexibility index (Phi) is 7.50. The van der Waals surface area contributed by atoms with Gasteiger partial charge in [0.1, 0.15) is 35.2 Å². The van der Waals surface area contributed by atoms with Crippen molar-refractivity contribution in [3.63, 3.8) is 0 Å². The third kappa shape index (κ3) is 4.75. The number of carbonyl (C=O) groups excluding carboxylic acids is 2. The molecular formula is C19H17FN2O7S. The molecule has 30 heavy (non-hydrogen) atoms. The van der Waals surface area contributed by atoms with Crippen LogP contribution in [0.2, 0.25) is 0 Å². The van der Waals surface area contributed by atoms with Crippen molar-refractivity contribution >= 4 is 34.7 Å². The van der Waals surface area contributed by atoms with Gasteiger partial charge in [-0.3, -0.25) is 14.9 Å². The number of imide groups is 1. The van der Waals surface area contributed by atoms with E-state index in [-0.39, 0.29) is 28.2 Å². The summed E-state index contributed by atoms with van der Waals surface area (Å²) in [6.45, 7) is -0.212. The minimum Gasteiger partial charge on any atom is -0.870 e. The molecular weight excluding hydrogens is 419 g/mol. The summed E-state index contributed by atoms with van der Waals surface area (Å²) in [5, 5.41) is 3.39. The van der Waals surface area contributed by atoms with Crippen molar-refractivity contribution in [3.05, 3.63) is 57.1 Å². The lowest BCUT2D eigenvalue weighted by Gasteiger charge is -2.14. The third-order valence-electron chi connectivity index (χ3n) is 4.05. The average molecular weight is 436 g/mol. The molecule has 158 valence electrons. The zero-order valence-corrected chi connectivity index (χ0v) is 16.7. The second-order valence-electron chi connectivity index (χ2n) is 5.75. The van der Waals surface area contributed by atoms with Gasteiger partial charge < -0.3 is 19.7 Å². The molecule has 11 heteroatoms. The first-order valence-electron chi connectivity index (χ1n) is 8.26. The van der Waals surface area contributed by atoms with E-state index in [0.29, 0.717) is 22.8 Å². The maximum atomic E-state index is 14.0. The van der Waals surface area contributed by atoms with Gasteiger partial charge in [0.15, 0.2) is 0 Å². The van der Waals surface area contributed by atoms with Crippen LogP contribution in [-0.2, 0) is 11.4 Å². The van der Waals surface area contributed by atoms with E-state index >= 15 is 0 Å². The molecule has 0 aromatic heterocycles. The molecule has 3 N–H and O–H groups in total. The number of methoxy groups -OCH3 is 2. The van der Waals surface area contributed by atoms with E-state index in [1.165, 1.54) is 50.6 Å². The summed E-state index contributed by atoms with van der Waals surface area (Å²) >= 11 is 0.765. The Balaban J connectivity index is 0.00000320. The minimum atomic E-state index is -0.583. The highest BCUT2D eigenvalue weighted by molar-refractivity contribution is 8.18. The first-order valence-corrected chi connectivity index (χ1v) is 9.07. The highest BCUT2D eigenvalue weighted by Crippen LogP contribution is 2.38. The molecule has 0 bridgehead atoms. The fourth-order valence-electron chi connectivity index (χ4n) is 2.65. The highest BCUT2D eigenvalue weighted by atomic mass is 32.2. The molecule has 9 nitrogen and oxygen atoms in total. The van der Waals surface area contributed by atoms with Crippen LogP contribution in [0.3, 0.4) is 0 Å². The second-order valence-corrected chi connectivity index (χ2v) is 6.77. The average Bonchev–Trinajstić information content (AvgIpc) is 3.03. The monoisotopic (exact) mass is 436 g/mol. The molecule has 1 aliphatic heterocycles. The van der Waals surface area contributed by atoms with Gasteiger partial charge >= 0.3 is 0 Å². The van der Waals surface area contributed by atoms with Crippen molar-refractivity contribution in [3.8, 4) is 17.2 Å². The van der Waals surface area contributed by atoms with Crippen molar-refractivity contribution in [2.45, 2.75) is 6.61 Å². The van der Waals surface area contributed by atoms with Gasteiger partial charge in [-0.05, 0) is 23.9 Å². The predicted molar refractivity (Wildman–Crippen MR) is 105 cm³/mol. The fraction of sp³-hybridized carbons (Fsp3) is 0.158. The Morgan fingerprint density at radius 2 is 1.83 bits per heavy atom. The Hall–Kier alpha value is -3.44. The largest absolute Gasteiger partial charge is 0.870 e. The molecule has 0 atom stereocenters. The predicted octanol–water partition coefficient (Wildman–Crippen LogP) is 2.05. The molecule has 3 rings (SSSR count). The number of hydrogen-bond donors (Lipinski definition) is 2. The number of halogens is 1. The van der Waals surface area contributed by atoms with Gasteiger partial charge in [-0.25, -0.2) is 4.39 Å². The van der Waals surface area contributed by atoms with Crippen LogP contribution in [0.5, 0.6) is 17.2 Å². The number of thioether (sulfide) groups is 1. The summed E-state index contributed by atoms with van der Waals surface area (Å²) in [7, 11) is 2.84. The Bertz CT molecular complexity index is 1000. The standard InChI is InChI=1S/C19H15FN2O6S.H2O/c1-26-15-6-10(28-9-12-13(20)4-3-5-14(12)22-25)7-16(27-2)11(15)8-17-18(23)21-19(24)29-17;/h3-8H,9H2,1-2H3,(H,21,23,24);1H2/b17-8-;. The van der Waals surface area contributed by atoms with Gasteiger partial charge in [0, 0.05) is 28.3 Å². The number of nitrogens with one attached hydrogen (secondary N) is 2. The Morgan fingerprint density at radius 1 is 1.17 bits per heavy atom. The van der Waals surface area contributed by atoms with E-state index in [0.717, 1.165) is 11.8 Å². The second kappa shape index (κ2) is 9.85. The first-order chi connectivity index (χ1) is 14.0. The molecule has 2 aromatic rings. The van der Waals surface area contributed by atoms with Crippen molar-refractivity contribution < 1.29 is 38.8 Å². The van der Waals surface area contributed by atoms with Gasteiger partial charge in [-0.15, -0.1) is 0 Å².